The molecular formula is C10H19F3N2. The van der Waals surface area contributed by atoms with E-state index in [0.29, 0.717) is 12.6 Å². The van der Waals surface area contributed by atoms with Crippen molar-refractivity contribution < 1.29 is 13.2 Å². The molecule has 0 aliphatic carbocycles. The monoisotopic (exact) mass is 224 g/mol. The van der Waals surface area contributed by atoms with E-state index < -0.39 is 18.6 Å². The fourth-order valence-electron chi connectivity index (χ4n) is 1.99. The Morgan fingerprint density at radius 2 is 2.13 bits per heavy atom. The number of rotatable bonds is 3. The minimum absolute atomic E-state index is 0.342. The summed E-state index contributed by atoms with van der Waals surface area (Å²) in [6.07, 6.45) is -3.79. The van der Waals surface area contributed by atoms with Crippen LogP contribution in [0, 0.1) is 0 Å². The van der Waals surface area contributed by atoms with Crippen LogP contribution in [0.3, 0.4) is 0 Å². The smallest absolute Gasteiger partial charge is 0.311 e. The van der Waals surface area contributed by atoms with E-state index in [-0.39, 0.29) is 0 Å². The van der Waals surface area contributed by atoms with Crippen LogP contribution in [-0.4, -0.2) is 42.8 Å². The Morgan fingerprint density at radius 1 is 1.47 bits per heavy atom. The predicted octanol–water partition coefficient (Wildman–Crippen LogP) is 2.01. The highest BCUT2D eigenvalue weighted by Gasteiger charge is 2.33. The lowest BCUT2D eigenvalue weighted by Gasteiger charge is -2.37. The van der Waals surface area contributed by atoms with Crippen molar-refractivity contribution in [2.24, 2.45) is 0 Å². The number of hydrogen-bond donors (Lipinski definition) is 1. The predicted molar refractivity (Wildman–Crippen MR) is 53.8 cm³/mol. The second-order valence-electron chi connectivity index (χ2n) is 4.22. The third-order valence-corrected chi connectivity index (χ3v) is 2.93. The van der Waals surface area contributed by atoms with Gasteiger partial charge in [-0.3, -0.25) is 4.90 Å². The summed E-state index contributed by atoms with van der Waals surface area (Å²) in [6.45, 7) is 5.95. The largest absolute Gasteiger partial charge is 0.390 e. The molecular weight excluding hydrogens is 205 g/mol. The van der Waals surface area contributed by atoms with Gasteiger partial charge in [-0.15, -0.1) is 0 Å². The van der Waals surface area contributed by atoms with Gasteiger partial charge in [0, 0.05) is 31.7 Å². The Bertz CT molecular complexity index is 194. The summed E-state index contributed by atoms with van der Waals surface area (Å²) in [6, 6.07) is -0.0596. The fourth-order valence-corrected chi connectivity index (χ4v) is 1.99. The molecule has 1 saturated heterocycles. The minimum Gasteiger partial charge on any atom is -0.311 e. The van der Waals surface area contributed by atoms with Gasteiger partial charge in [0.05, 0.1) is 6.42 Å². The Balaban J connectivity index is 2.41. The van der Waals surface area contributed by atoms with Gasteiger partial charge in [0.15, 0.2) is 0 Å². The molecule has 1 heterocycles. The Labute approximate surface area is 88.8 Å². The van der Waals surface area contributed by atoms with Crippen LogP contribution in [0.5, 0.6) is 0 Å². The van der Waals surface area contributed by atoms with E-state index in [0.717, 1.165) is 19.5 Å². The number of nitrogens with one attached hydrogen (secondary N) is 1. The minimum atomic E-state index is -4.05. The molecule has 1 aliphatic heterocycles. The van der Waals surface area contributed by atoms with Crippen LogP contribution in [0.1, 0.15) is 26.7 Å². The second-order valence-corrected chi connectivity index (χ2v) is 4.22. The average molecular weight is 224 g/mol. The first-order valence-electron chi connectivity index (χ1n) is 5.46. The van der Waals surface area contributed by atoms with Gasteiger partial charge in [0.25, 0.3) is 0 Å². The van der Waals surface area contributed by atoms with Crippen LogP contribution in [0.4, 0.5) is 13.2 Å². The molecule has 0 bridgehead atoms. The number of piperazine rings is 1. The summed E-state index contributed by atoms with van der Waals surface area (Å²) in [5.74, 6) is 0. The van der Waals surface area contributed by atoms with Crippen molar-refractivity contribution in [2.45, 2.75) is 44.9 Å². The normalized spacial score (nSPS) is 26.6. The van der Waals surface area contributed by atoms with Crippen molar-refractivity contribution in [3.8, 4) is 0 Å². The molecule has 15 heavy (non-hydrogen) atoms. The molecule has 0 aromatic rings. The van der Waals surface area contributed by atoms with Gasteiger partial charge in [-0.1, -0.05) is 6.92 Å². The van der Waals surface area contributed by atoms with Crippen LogP contribution >= 0.6 is 0 Å². The van der Waals surface area contributed by atoms with Crippen molar-refractivity contribution in [3.63, 3.8) is 0 Å². The maximum atomic E-state index is 12.2. The Hall–Kier alpha value is -0.290. The van der Waals surface area contributed by atoms with Gasteiger partial charge >= 0.3 is 6.18 Å². The second kappa shape index (κ2) is 5.16. The van der Waals surface area contributed by atoms with Crippen molar-refractivity contribution in [2.75, 3.05) is 19.6 Å². The third kappa shape index (κ3) is 4.38. The summed E-state index contributed by atoms with van der Waals surface area (Å²) in [4.78, 5) is 1.93. The summed E-state index contributed by atoms with van der Waals surface area (Å²) < 4.78 is 36.6. The van der Waals surface area contributed by atoms with Crippen molar-refractivity contribution >= 4 is 0 Å². The maximum absolute atomic E-state index is 12.2. The highest BCUT2D eigenvalue weighted by molar-refractivity contribution is 4.81. The third-order valence-electron chi connectivity index (χ3n) is 2.93. The molecule has 0 saturated carbocycles. The zero-order valence-electron chi connectivity index (χ0n) is 9.27. The number of halogens is 3. The molecule has 0 amide bonds. The lowest BCUT2D eigenvalue weighted by atomic mass is 10.1. The Kier molecular flexibility index (Phi) is 4.40. The number of nitrogens with zero attached hydrogens (tertiary/aromatic N) is 1. The van der Waals surface area contributed by atoms with Crippen molar-refractivity contribution in [3.05, 3.63) is 0 Å². The molecule has 0 spiro atoms. The zero-order valence-corrected chi connectivity index (χ0v) is 9.27. The molecule has 90 valence electrons. The van der Waals surface area contributed by atoms with E-state index in [9.17, 15) is 13.2 Å². The summed E-state index contributed by atoms with van der Waals surface area (Å²) in [5.41, 5.74) is 0. The number of alkyl halides is 3. The van der Waals surface area contributed by atoms with E-state index in [4.69, 9.17) is 0 Å². The topological polar surface area (TPSA) is 15.3 Å². The molecule has 5 heteroatoms. The first-order chi connectivity index (χ1) is 6.92. The zero-order chi connectivity index (χ0) is 11.5. The molecule has 0 aromatic heterocycles. The van der Waals surface area contributed by atoms with E-state index in [1.165, 1.54) is 0 Å². The standard InChI is InChI=1S/C10H19F3N2/c1-3-9-7-15(5-4-14-9)8(2)6-10(11,12)13/h8-9,14H,3-7H2,1-2H3. The van der Waals surface area contributed by atoms with E-state index in [1.807, 2.05) is 4.90 Å². The van der Waals surface area contributed by atoms with Gasteiger partial charge in [-0.2, -0.15) is 13.2 Å². The van der Waals surface area contributed by atoms with E-state index >= 15 is 0 Å². The summed E-state index contributed by atoms with van der Waals surface area (Å²) in [5, 5.41) is 3.29. The quantitative estimate of drug-likeness (QED) is 0.789. The lowest BCUT2D eigenvalue weighted by molar-refractivity contribution is -0.147. The highest BCUT2D eigenvalue weighted by atomic mass is 19.4. The van der Waals surface area contributed by atoms with Gasteiger partial charge in [-0.25, -0.2) is 0 Å². The average Bonchev–Trinajstić information content (AvgIpc) is 2.15. The van der Waals surface area contributed by atoms with Crippen molar-refractivity contribution in [1.29, 1.82) is 0 Å². The van der Waals surface area contributed by atoms with Gasteiger partial charge < -0.3 is 5.32 Å². The van der Waals surface area contributed by atoms with Crippen LogP contribution in [0.2, 0.25) is 0 Å². The van der Waals surface area contributed by atoms with Gasteiger partial charge in [-0.05, 0) is 13.3 Å². The first kappa shape index (κ1) is 12.8. The fraction of sp³-hybridized carbons (Fsp3) is 1.00. The van der Waals surface area contributed by atoms with Crippen LogP contribution < -0.4 is 5.32 Å². The van der Waals surface area contributed by atoms with Crippen LogP contribution in [0.15, 0.2) is 0 Å². The Morgan fingerprint density at radius 3 is 2.67 bits per heavy atom. The van der Waals surface area contributed by atoms with E-state index in [2.05, 4.69) is 12.2 Å². The summed E-state index contributed by atoms with van der Waals surface area (Å²) in [7, 11) is 0. The molecule has 1 aliphatic rings. The van der Waals surface area contributed by atoms with Gasteiger partial charge in [0.1, 0.15) is 0 Å². The molecule has 2 nitrogen and oxygen atoms in total. The molecule has 1 fully saturated rings. The van der Waals surface area contributed by atoms with Crippen molar-refractivity contribution in [1.82, 2.24) is 10.2 Å². The molecule has 1 N–H and O–H groups in total. The molecule has 1 rings (SSSR count). The van der Waals surface area contributed by atoms with E-state index in [1.54, 1.807) is 6.92 Å². The molecule has 0 aromatic carbocycles. The number of hydrogen-bond acceptors (Lipinski definition) is 2. The van der Waals surface area contributed by atoms with Crippen LogP contribution in [-0.2, 0) is 0 Å². The molecule has 2 atom stereocenters. The molecule has 0 radical (unpaired) electrons. The highest BCUT2D eigenvalue weighted by Crippen LogP contribution is 2.24. The molecule has 2 unspecified atom stereocenters. The summed E-state index contributed by atoms with van der Waals surface area (Å²) >= 11 is 0. The SMILES string of the molecule is CCC1CN(C(C)CC(F)(F)F)CCN1. The lowest BCUT2D eigenvalue weighted by Crippen LogP contribution is -2.53. The van der Waals surface area contributed by atoms with Crippen LogP contribution in [0.25, 0.3) is 0 Å². The van der Waals surface area contributed by atoms with Gasteiger partial charge in [0.2, 0.25) is 0 Å². The maximum Gasteiger partial charge on any atom is 0.390 e. The first-order valence-corrected chi connectivity index (χ1v) is 5.46.